The van der Waals surface area contributed by atoms with Crippen LogP contribution in [0.3, 0.4) is 0 Å². The number of hydrogen-bond donors (Lipinski definition) is 1. The topological polar surface area (TPSA) is 52.7 Å². The van der Waals surface area contributed by atoms with Gasteiger partial charge in [0.2, 0.25) is 0 Å². The fourth-order valence-electron chi connectivity index (χ4n) is 2.68. The molecule has 0 unspecified atom stereocenters. The predicted molar refractivity (Wildman–Crippen MR) is 83.9 cm³/mol. The number of nitrogens with zero attached hydrogens (tertiary/aromatic N) is 2. The number of piperidine rings is 1. The van der Waals surface area contributed by atoms with Gasteiger partial charge in [-0.25, -0.2) is 0 Å². The maximum absolute atomic E-state index is 12.5. The van der Waals surface area contributed by atoms with E-state index in [-0.39, 0.29) is 0 Å². The van der Waals surface area contributed by atoms with E-state index in [1.54, 1.807) is 8.61 Å². The molecular formula is C14H31N3O2S. The summed E-state index contributed by atoms with van der Waals surface area (Å²) >= 11 is 0. The SMILES string of the molecule is CCCNCC1CCN(S(=O)(=O)N(CC)CCC)CC1. The van der Waals surface area contributed by atoms with Crippen molar-refractivity contribution in [3.8, 4) is 0 Å². The van der Waals surface area contributed by atoms with Crippen LogP contribution in [0.4, 0.5) is 0 Å². The average Bonchev–Trinajstić information content (AvgIpc) is 2.45. The summed E-state index contributed by atoms with van der Waals surface area (Å²) in [5.74, 6) is 0.620. The zero-order chi connectivity index (χ0) is 15.0. The Hall–Kier alpha value is -0.170. The van der Waals surface area contributed by atoms with E-state index in [2.05, 4.69) is 12.2 Å². The first-order valence-electron chi connectivity index (χ1n) is 8.02. The van der Waals surface area contributed by atoms with E-state index in [0.29, 0.717) is 32.1 Å². The molecule has 0 radical (unpaired) electrons. The van der Waals surface area contributed by atoms with Crippen LogP contribution in [0.5, 0.6) is 0 Å². The molecule has 1 fully saturated rings. The van der Waals surface area contributed by atoms with Gasteiger partial charge in [-0.05, 0) is 44.7 Å². The van der Waals surface area contributed by atoms with Crippen LogP contribution in [0.2, 0.25) is 0 Å². The number of rotatable bonds is 9. The molecule has 0 saturated carbocycles. The fourth-order valence-corrected chi connectivity index (χ4v) is 4.41. The van der Waals surface area contributed by atoms with Crippen molar-refractivity contribution in [2.24, 2.45) is 5.92 Å². The van der Waals surface area contributed by atoms with Gasteiger partial charge in [-0.3, -0.25) is 0 Å². The quantitative estimate of drug-likeness (QED) is 0.659. The van der Waals surface area contributed by atoms with E-state index in [1.165, 1.54) is 0 Å². The molecule has 1 saturated heterocycles. The number of hydrogen-bond acceptors (Lipinski definition) is 3. The van der Waals surface area contributed by atoms with Crippen LogP contribution in [-0.4, -0.2) is 56.3 Å². The molecule has 0 aromatic carbocycles. The Balaban J connectivity index is 2.47. The van der Waals surface area contributed by atoms with E-state index in [4.69, 9.17) is 0 Å². The van der Waals surface area contributed by atoms with E-state index in [9.17, 15) is 8.42 Å². The highest BCUT2D eigenvalue weighted by atomic mass is 32.2. The largest absolute Gasteiger partial charge is 0.316 e. The normalized spacial score (nSPS) is 18.8. The van der Waals surface area contributed by atoms with Gasteiger partial charge < -0.3 is 5.32 Å². The monoisotopic (exact) mass is 305 g/mol. The Morgan fingerprint density at radius 2 is 1.80 bits per heavy atom. The molecule has 1 aliphatic heterocycles. The van der Waals surface area contributed by atoms with Crippen LogP contribution in [0, 0.1) is 5.92 Å². The summed E-state index contributed by atoms with van der Waals surface area (Å²) in [5, 5.41) is 3.43. The average molecular weight is 305 g/mol. The van der Waals surface area contributed by atoms with Crippen molar-refractivity contribution in [1.82, 2.24) is 13.9 Å². The van der Waals surface area contributed by atoms with Crippen molar-refractivity contribution in [3.05, 3.63) is 0 Å². The molecule has 1 aliphatic rings. The van der Waals surface area contributed by atoms with Gasteiger partial charge in [0, 0.05) is 26.2 Å². The third kappa shape index (κ3) is 4.98. The van der Waals surface area contributed by atoms with Crippen molar-refractivity contribution >= 4 is 10.2 Å². The second-order valence-corrected chi connectivity index (χ2v) is 7.47. The molecule has 0 spiro atoms. The lowest BCUT2D eigenvalue weighted by molar-refractivity contribution is 0.250. The molecule has 0 aromatic rings. The summed E-state index contributed by atoms with van der Waals surface area (Å²) in [5.41, 5.74) is 0. The van der Waals surface area contributed by atoms with Crippen LogP contribution in [0.15, 0.2) is 0 Å². The van der Waals surface area contributed by atoms with E-state index >= 15 is 0 Å². The van der Waals surface area contributed by atoms with Crippen LogP contribution in [0.1, 0.15) is 46.5 Å². The van der Waals surface area contributed by atoms with Gasteiger partial charge in [0.1, 0.15) is 0 Å². The summed E-state index contributed by atoms with van der Waals surface area (Å²) in [6.07, 6.45) is 3.96. The Morgan fingerprint density at radius 1 is 1.15 bits per heavy atom. The van der Waals surface area contributed by atoms with E-state index in [1.807, 2.05) is 13.8 Å². The highest BCUT2D eigenvalue weighted by molar-refractivity contribution is 7.86. The van der Waals surface area contributed by atoms with Gasteiger partial charge in [0.05, 0.1) is 0 Å². The number of nitrogens with one attached hydrogen (secondary N) is 1. The fraction of sp³-hybridized carbons (Fsp3) is 1.00. The minimum absolute atomic E-state index is 0.564. The molecule has 20 heavy (non-hydrogen) atoms. The Morgan fingerprint density at radius 3 is 2.30 bits per heavy atom. The molecule has 1 heterocycles. The third-order valence-corrected chi connectivity index (χ3v) is 6.02. The van der Waals surface area contributed by atoms with Crippen molar-refractivity contribution in [1.29, 1.82) is 0 Å². The second-order valence-electron chi connectivity index (χ2n) is 5.55. The lowest BCUT2D eigenvalue weighted by Crippen LogP contribution is -2.48. The van der Waals surface area contributed by atoms with Gasteiger partial charge >= 0.3 is 0 Å². The standard InChI is InChI=1S/C14H31N3O2S/c1-4-9-15-13-14-7-11-17(12-8-14)20(18,19)16(6-3)10-5-2/h14-15H,4-13H2,1-3H3. The Bertz CT molecular complexity index is 351. The summed E-state index contributed by atoms with van der Waals surface area (Å²) in [6, 6.07) is 0. The van der Waals surface area contributed by atoms with Crippen LogP contribution < -0.4 is 5.32 Å². The molecule has 1 N–H and O–H groups in total. The van der Waals surface area contributed by atoms with Crippen molar-refractivity contribution in [3.63, 3.8) is 0 Å². The molecule has 0 aliphatic carbocycles. The Kier molecular flexibility index (Phi) is 8.02. The predicted octanol–water partition coefficient (Wildman–Crippen LogP) is 1.67. The van der Waals surface area contributed by atoms with Gasteiger partial charge in [0.15, 0.2) is 0 Å². The lowest BCUT2D eigenvalue weighted by atomic mass is 9.98. The molecule has 6 heteroatoms. The maximum Gasteiger partial charge on any atom is 0.281 e. The van der Waals surface area contributed by atoms with Crippen LogP contribution in [0.25, 0.3) is 0 Å². The first-order chi connectivity index (χ1) is 9.56. The van der Waals surface area contributed by atoms with E-state index < -0.39 is 10.2 Å². The van der Waals surface area contributed by atoms with Crippen molar-refractivity contribution in [2.75, 3.05) is 39.3 Å². The first-order valence-corrected chi connectivity index (χ1v) is 9.41. The molecule has 0 atom stereocenters. The minimum Gasteiger partial charge on any atom is -0.316 e. The maximum atomic E-state index is 12.5. The smallest absolute Gasteiger partial charge is 0.281 e. The van der Waals surface area contributed by atoms with Crippen molar-refractivity contribution < 1.29 is 8.42 Å². The first kappa shape index (κ1) is 17.9. The summed E-state index contributed by atoms with van der Waals surface area (Å²) < 4.78 is 28.3. The van der Waals surface area contributed by atoms with Gasteiger partial charge in [-0.1, -0.05) is 20.8 Å². The molecule has 5 nitrogen and oxygen atoms in total. The summed E-state index contributed by atoms with van der Waals surface area (Å²) in [7, 11) is -3.24. The Labute approximate surface area is 124 Å². The zero-order valence-corrected chi connectivity index (χ0v) is 14.1. The highest BCUT2D eigenvalue weighted by Crippen LogP contribution is 2.21. The molecule has 120 valence electrons. The molecule has 0 amide bonds. The molecule has 1 rings (SSSR count). The lowest BCUT2D eigenvalue weighted by Gasteiger charge is -2.34. The van der Waals surface area contributed by atoms with E-state index in [0.717, 1.165) is 38.8 Å². The minimum atomic E-state index is -3.24. The molecule has 0 aromatic heterocycles. The summed E-state index contributed by atoms with van der Waals surface area (Å²) in [4.78, 5) is 0. The summed E-state index contributed by atoms with van der Waals surface area (Å²) in [6.45, 7) is 10.7. The highest BCUT2D eigenvalue weighted by Gasteiger charge is 2.31. The molecular weight excluding hydrogens is 274 g/mol. The molecule has 0 bridgehead atoms. The zero-order valence-electron chi connectivity index (χ0n) is 13.3. The van der Waals surface area contributed by atoms with Gasteiger partial charge in [0.25, 0.3) is 10.2 Å². The van der Waals surface area contributed by atoms with Crippen LogP contribution >= 0.6 is 0 Å². The van der Waals surface area contributed by atoms with Gasteiger partial charge in [-0.2, -0.15) is 17.0 Å². The second kappa shape index (κ2) is 8.97. The third-order valence-electron chi connectivity index (χ3n) is 3.91. The van der Waals surface area contributed by atoms with Crippen molar-refractivity contribution in [2.45, 2.75) is 46.5 Å². The van der Waals surface area contributed by atoms with Crippen LogP contribution in [-0.2, 0) is 10.2 Å². The van der Waals surface area contributed by atoms with Gasteiger partial charge in [-0.15, -0.1) is 0 Å².